The maximum atomic E-state index is 2.48. The molecular weight excluding hydrogens is 793 g/mol. The van der Waals surface area contributed by atoms with Crippen molar-refractivity contribution in [2.45, 2.75) is 319 Å². The zero-order valence-corrected chi connectivity index (χ0v) is 50.1. The summed E-state index contributed by atoms with van der Waals surface area (Å²) in [5.41, 5.74) is 3.49. The Hall–Kier alpha value is 0. The first-order valence-electron chi connectivity index (χ1n) is 30.5. The van der Waals surface area contributed by atoms with Gasteiger partial charge >= 0.3 is 0 Å². The first-order chi connectivity index (χ1) is 30.5. The van der Waals surface area contributed by atoms with Crippen molar-refractivity contribution in [2.24, 2.45) is 104 Å². The first kappa shape index (κ1) is 62.1. The van der Waals surface area contributed by atoms with Crippen LogP contribution in [-0.4, -0.2) is 0 Å². The second kappa shape index (κ2) is 28.9. The summed E-state index contributed by atoms with van der Waals surface area (Å²) in [6.45, 7) is 49.9. The molecule has 0 aromatic carbocycles. The topological polar surface area (TPSA) is 0 Å². The molecular formula is C66H130. The average molecular weight is 924 g/mol. The number of rotatable bonds is 2. The molecule has 0 nitrogen and oxygen atoms in total. The zero-order chi connectivity index (χ0) is 50.1. The number of fused-ring (bicyclic) bond motifs is 2. The molecule has 0 aliphatic heterocycles. The highest BCUT2D eigenvalue weighted by atomic mass is 14.5. The maximum Gasteiger partial charge on any atom is -0.0297 e. The molecule has 0 heterocycles. The van der Waals surface area contributed by atoms with Gasteiger partial charge in [0.25, 0.3) is 0 Å². The molecule has 9 saturated carbocycles. The molecule has 0 aromatic rings. The SMILES string of the molecule is CC(C)C1CCCC1.CC1CCC(C)(C)C1.CC1CCC(C)C1C.CC1CCCC(C)C1C.CCC1(C)CCCC1.C[C@H]1CC2CCC1(C)C2.C[C@H]1CCC(C)(C)C1.C[C@H]1CCCC1(C)C. The molecule has 0 heteroatoms. The van der Waals surface area contributed by atoms with Gasteiger partial charge < -0.3 is 0 Å². The smallest absolute Gasteiger partial charge is 0.0297 e. The number of hydrogen-bond acceptors (Lipinski definition) is 0. The number of hydrogen-bond donors (Lipinski definition) is 0. The van der Waals surface area contributed by atoms with Crippen LogP contribution in [0.1, 0.15) is 319 Å². The molecule has 9 fully saturated rings. The molecule has 0 aromatic heterocycles. The Labute approximate surface area is 420 Å². The highest BCUT2D eigenvalue weighted by Crippen LogP contribution is 2.57. The van der Waals surface area contributed by atoms with Crippen LogP contribution in [0, 0.1) is 104 Å². The molecule has 9 rings (SSSR count). The lowest BCUT2D eigenvalue weighted by Gasteiger charge is -2.31. The van der Waals surface area contributed by atoms with Gasteiger partial charge in [0.2, 0.25) is 0 Å². The van der Waals surface area contributed by atoms with Gasteiger partial charge in [0.1, 0.15) is 0 Å². The van der Waals surface area contributed by atoms with Gasteiger partial charge in [-0.3, -0.25) is 0 Å². The average Bonchev–Trinajstić information content (AvgIpc) is 4.14. The van der Waals surface area contributed by atoms with Crippen LogP contribution in [0.3, 0.4) is 0 Å². The molecule has 394 valence electrons. The zero-order valence-electron chi connectivity index (χ0n) is 50.1. The Balaban J connectivity index is 0.000000259. The standard InChI is InChI=1S/C9H16.C9H18.6C8H16/c1-7-5-8-3-4-9(7,2)6-8;1-7-5-4-6-8(2)9(7)3;2*1-7-4-5-8(2,3)6-7;1-7-5-4-6-8(7,2)3;1-6-4-5-7(2)8(6)3;1-7(2)8-5-3-4-6-8;1-3-8(2)6-4-5-7-8/h7-8H,3-6H2,1-2H3;7-9H,4-6H2,1-3H3;3*7H,4-6H2,1-3H3;6-8H,4-5H2,1-3H3;7-8H,3-6H2,1-2H3;3-7H2,1-2H3/t7-,8?,9?;;7-;;7-;;;/m0.0.0.../s1. The predicted octanol–water partition coefficient (Wildman–Crippen LogP) is 22.9. The maximum absolute atomic E-state index is 2.48. The van der Waals surface area contributed by atoms with Gasteiger partial charge in [0.05, 0.1) is 0 Å². The lowest BCUT2D eigenvalue weighted by Crippen LogP contribution is -2.21. The molecule has 10 atom stereocenters. The molecule has 7 unspecified atom stereocenters. The third-order valence-electron chi connectivity index (χ3n) is 22.0. The van der Waals surface area contributed by atoms with E-state index in [0.717, 1.165) is 87.8 Å². The van der Waals surface area contributed by atoms with Crippen LogP contribution in [0.25, 0.3) is 0 Å². The summed E-state index contributed by atoms with van der Waals surface area (Å²) in [5.74, 6) is 13.0. The molecule has 0 spiro atoms. The van der Waals surface area contributed by atoms with Crippen molar-refractivity contribution in [3.05, 3.63) is 0 Å². The second-order valence-electron chi connectivity index (χ2n) is 30.0. The van der Waals surface area contributed by atoms with E-state index in [1.807, 2.05) is 0 Å². The molecule has 9 aliphatic carbocycles. The van der Waals surface area contributed by atoms with Crippen molar-refractivity contribution < 1.29 is 0 Å². The van der Waals surface area contributed by atoms with Gasteiger partial charge in [-0.05, 0) is 175 Å². The van der Waals surface area contributed by atoms with Crippen molar-refractivity contribution in [3.8, 4) is 0 Å². The quantitative estimate of drug-likeness (QED) is 0.259. The largest absolute Gasteiger partial charge is 0.0649 e. The van der Waals surface area contributed by atoms with E-state index in [9.17, 15) is 0 Å². The third-order valence-corrected chi connectivity index (χ3v) is 22.0. The van der Waals surface area contributed by atoms with Gasteiger partial charge in [-0.15, -0.1) is 0 Å². The molecule has 2 bridgehead atoms. The van der Waals surface area contributed by atoms with E-state index in [4.69, 9.17) is 0 Å². The van der Waals surface area contributed by atoms with E-state index < -0.39 is 0 Å². The summed E-state index contributed by atoms with van der Waals surface area (Å²) in [6, 6.07) is 0. The fraction of sp³-hybridized carbons (Fsp3) is 1.00. The summed E-state index contributed by atoms with van der Waals surface area (Å²) in [7, 11) is 0. The van der Waals surface area contributed by atoms with Crippen molar-refractivity contribution in [1.29, 1.82) is 0 Å². The van der Waals surface area contributed by atoms with Crippen LogP contribution in [0.4, 0.5) is 0 Å². The van der Waals surface area contributed by atoms with Crippen LogP contribution in [0.15, 0.2) is 0 Å². The Morgan fingerprint density at radius 2 is 0.864 bits per heavy atom. The molecule has 0 saturated heterocycles. The van der Waals surface area contributed by atoms with Gasteiger partial charge in [-0.25, -0.2) is 0 Å². The van der Waals surface area contributed by atoms with E-state index in [2.05, 4.69) is 145 Å². The van der Waals surface area contributed by atoms with Crippen LogP contribution < -0.4 is 0 Å². The van der Waals surface area contributed by atoms with Crippen molar-refractivity contribution in [1.82, 2.24) is 0 Å². The minimum absolute atomic E-state index is 0.653. The van der Waals surface area contributed by atoms with Crippen LogP contribution in [0.5, 0.6) is 0 Å². The van der Waals surface area contributed by atoms with Gasteiger partial charge in [0.15, 0.2) is 0 Å². The lowest BCUT2D eigenvalue weighted by molar-refractivity contribution is 0.197. The van der Waals surface area contributed by atoms with Crippen molar-refractivity contribution >= 4 is 0 Å². The summed E-state index contributed by atoms with van der Waals surface area (Å²) >= 11 is 0. The van der Waals surface area contributed by atoms with Crippen LogP contribution in [-0.2, 0) is 0 Å². The van der Waals surface area contributed by atoms with Gasteiger partial charge in [-0.2, -0.15) is 0 Å². The molecule has 9 aliphatic rings. The second-order valence-corrected chi connectivity index (χ2v) is 30.0. The fourth-order valence-corrected chi connectivity index (χ4v) is 14.6. The Bertz CT molecular complexity index is 1190. The molecule has 0 N–H and O–H groups in total. The highest BCUT2D eigenvalue weighted by molar-refractivity contribution is 4.96. The summed E-state index contributed by atoms with van der Waals surface area (Å²) in [5, 5.41) is 0. The minimum atomic E-state index is 0.653. The molecule has 0 amide bonds. The third kappa shape index (κ3) is 22.6. The summed E-state index contributed by atoms with van der Waals surface area (Å²) in [4.78, 5) is 0. The van der Waals surface area contributed by atoms with Gasteiger partial charge in [0, 0.05) is 0 Å². The molecule has 0 radical (unpaired) electrons. The van der Waals surface area contributed by atoms with E-state index in [1.165, 1.54) is 173 Å². The van der Waals surface area contributed by atoms with Gasteiger partial charge in [-0.1, -0.05) is 248 Å². The fourth-order valence-electron chi connectivity index (χ4n) is 14.6. The van der Waals surface area contributed by atoms with Crippen LogP contribution in [0.2, 0.25) is 0 Å². The normalized spacial score (nSPS) is 38.5. The van der Waals surface area contributed by atoms with E-state index in [-0.39, 0.29) is 0 Å². The van der Waals surface area contributed by atoms with Crippen molar-refractivity contribution in [3.63, 3.8) is 0 Å². The minimum Gasteiger partial charge on any atom is -0.0649 e. The molecule has 66 heavy (non-hydrogen) atoms. The van der Waals surface area contributed by atoms with Crippen LogP contribution >= 0.6 is 0 Å². The lowest BCUT2D eigenvalue weighted by atomic mass is 9.75. The Kier molecular flexibility index (Phi) is 27.2. The van der Waals surface area contributed by atoms with E-state index in [0.29, 0.717) is 16.2 Å². The van der Waals surface area contributed by atoms with E-state index >= 15 is 0 Å². The Morgan fingerprint density at radius 1 is 0.409 bits per heavy atom. The summed E-state index contributed by atoms with van der Waals surface area (Å²) < 4.78 is 0. The summed E-state index contributed by atoms with van der Waals surface area (Å²) in [6.07, 6.45) is 39.7. The van der Waals surface area contributed by atoms with Crippen molar-refractivity contribution in [2.75, 3.05) is 0 Å². The first-order valence-corrected chi connectivity index (χ1v) is 30.5. The Morgan fingerprint density at radius 3 is 1.05 bits per heavy atom. The predicted molar refractivity (Wildman–Crippen MR) is 301 cm³/mol. The highest BCUT2D eigenvalue weighted by Gasteiger charge is 2.46. The van der Waals surface area contributed by atoms with E-state index in [1.54, 1.807) is 0 Å². The monoisotopic (exact) mass is 923 g/mol.